The zero-order valence-electron chi connectivity index (χ0n) is 13.4. The molecule has 1 radical (unpaired) electrons. The maximum atomic E-state index is 4.44. The first kappa shape index (κ1) is 16.3. The van der Waals surface area contributed by atoms with E-state index in [-0.39, 0.29) is 0 Å². The second-order valence-electron chi connectivity index (χ2n) is 6.96. The van der Waals surface area contributed by atoms with E-state index in [0.29, 0.717) is 0 Å². The smallest absolute Gasteiger partial charge is 0.0136 e. The first-order chi connectivity index (χ1) is 9.95. The second kappa shape index (κ2) is 10.6. The van der Waals surface area contributed by atoms with E-state index in [0.717, 1.165) is 25.0 Å². The highest BCUT2D eigenvalue weighted by Crippen LogP contribution is 2.20. The van der Waals surface area contributed by atoms with Crippen molar-refractivity contribution in [3.8, 4) is 0 Å². The molecule has 2 nitrogen and oxygen atoms in total. The van der Waals surface area contributed by atoms with Gasteiger partial charge in [-0.05, 0) is 44.6 Å². The summed E-state index contributed by atoms with van der Waals surface area (Å²) in [5, 5.41) is 8.25. The molecular formula is C18H35N2. The lowest BCUT2D eigenvalue weighted by molar-refractivity contribution is 0.336. The SMILES string of the molecule is C1CCCC(NCCCCCC2CC[N]CC2)CCC1. The molecular weight excluding hydrogens is 244 g/mol. The normalized spacial score (nSPS) is 23.4. The Bertz CT molecular complexity index is 215. The lowest BCUT2D eigenvalue weighted by atomic mass is 9.92. The average molecular weight is 279 g/mol. The van der Waals surface area contributed by atoms with Crippen LogP contribution in [0.15, 0.2) is 0 Å². The van der Waals surface area contributed by atoms with Crippen molar-refractivity contribution in [1.29, 1.82) is 0 Å². The summed E-state index contributed by atoms with van der Waals surface area (Å²) in [4.78, 5) is 0. The number of unbranched alkanes of at least 4 members (excludes halogenated alkanes) is 2. The molecule has 0 spiro atoms. The number of nitrogens with zero attached hydrogens (tertiary/aromatic N) is 1. The quantitative estimate of drug-likeness (QED) is 0.692. The fourth-order valence-corrected chi connectivity index (χ4v) is 3.79. The summed E-state index contributed by atoms with van der Waals surface area (Å²) in [6, 6.07) is 0.829. The van der Waals surface area contributed by atoms with E-state index in [4.69, 9.17) is 0 Å². The minimum absolute atomic E-state index is 0.829. The van der Waals surface area contributed by atoms with Crippen LogP contribution in [0.5, 0.6) is 0 Å². The van der Waals surface area contributed by atoms with Crippen LogP contribution in [0, 0.1) is 5.92 Å². The van der Waals surface area contributed by atoms with E-state index in [2.05, 4.69) is 10.6 Å². The zero-order chi connectivity index (χ0) is 13.9. The predicted molar refractivity (Wildman–Crippen MR) is 87.2 cm³/mol. The molecule has 0 aromatic rings. The molecule has 0 atom stereocenters. The summed E-state index contributed by atoms with van der Waals surface area (Å²) in [7, 11) is 0. The highest BCUT2D eigenvalue weighted by atomic mass is 14.9. The van der Waals surface area contributed by atoms with Gasteiger partial charge in [0.05, 0.1) is 0 Å². The Labute approximate surface area is 126 Å². The second-order valence-corrected chi connectivity index (χ2v) is 6.96. The van der Waals surface area contributed by atoms with Crippen LogP contribution < -0.4 is 10.6 Å². The van der Waals surface area contributed by atoms with Gasteiger partial charge in [-0.25, -0.2) is 5.32 Å². The van der Waals surface area contributed by atoms with Crippen LogP contribution in [0.1, 0.15) is 83.5 Å². The summed E-state index contributed by atoms with van der Waals surface area (Å²) in [6.45, 7) is 3.52. The highest BCUT2D eigenvalue weighted by molar-refractivity contribution is 4.70. The first-order valence-corrected chi connectivity index (χ1v) is 9.32. The summed E-state index contributed by atoms with van der Waals surface area (Å²) >= 11 is 0. The molecule has 0 unspecified atom stereocenters. The first-order valence-electron chi connectivity index (χ1n) is 9.32. The van der Waals surface area contributed by atoms with E-state index in [1.165, 1.54) is 90.0 Å². The van der Waals surface area contributed by atoms with Gasteiger partial charge in [0.15, 0.2) is 0 Å². The Hall–Kier alpha value is -0.0800. The Morgan fingerprint density at radius 1 is 0.750 bits per heavy atom. The Kier molecular flexibility index (Phi) is 8.65. The van der Waals surface area contributed by atoms with Crippen molar-refractivity contribution in [2.45, 2.75) is 89.5 Å². The van der Waals surface area contributed by atoms with Crippen LogP contribution in [0.25, 0.3) is 0 Å². The Morgan fingerprint density at radius 3 is 2.20 bits per heavy atom. The summed E-state index contributed by atoms with van der Waals surface area (Å²) in [5.41, 5.74) is 0. The third kappa shape index (κ3) is 7.08. The Balaban J connectivity index is 1.42. The number of rotatable bonds is 7. The van der Waals surface area contributed by atoms with Crippen molar-refractivity contribution in [2.24, 2.45) is 5.92 Å². The van der Waals surface area contributed by atoms with Crippen LogP contribution in [-0.2, 0) is 0 Å². The van der Waals surface area contributed by atoms with Crippen molar-refractivity contribution in [3.05, 3.63) is 0 Å². The van der Waals surface area contributed by atoms with Crippen molar-refractivity contribution in [1.82, 2.24) is 10.6 Å². The zero-order valence-corrected chi connectivity index (χ0v) is 13.4. The fourth-order valence-electron chi connectivity index (χ4n) is 3.79. The standard InChI is InChI=1S/C18H35N2/c1-2-6-10-18(11-7-3-1)20-14-8-4-5-9-17-12-15-19-16-13-17/h17-18,20H,1-16H2. The van der Waals surface area contributed by atoms with E-state index in [1.807, 2.05) is 0 Å². The number of nitrogens with one attached hydrogen (secondary N) is 1. The van der Waals surface area contributed by atoms with Gasteiger partial charge in [0, 0.05) is 19.1 Å². The molecule has 0 amide bonds. The van der Waals surface area contributed by atoms with Crippen molar-refractivity contribution < 1.29 is 0 Å². The lowest BCUT2D eigenvalue weighted by Crippen LogP contribution is -2.30. The van der Waals surface area contributed by atoms with Crippen LogP contribution in [0.4, 0.5) is 0 Å². The topological polar surface area (TPSA) is 26.1 Å². The van der Waals surface area contributed by atoms with E-state index >= 15 is 0 Å². The van der Waals surface area contributed by atoms with Crippen LogP contribution in [0.3, 0.4) is 0 Å². The molecule has 1 saturated carbocycles. The third-order valence-electron chi connectivity index (χ3n) is 5.22. The summed E-state index contributed by atoms with van der Waals surface area (Å²) in [6.07, 6.45) is 18.6. The summed E-state index contributed by atoms with van der Waals surface area (Å²) in [5.74, 6) is 0.992. The van der Waals surface area contributed by atoms with Gasteiger partial charge in [0.1, 0.15) is 0 Å². The van der Waals surface area contributed by atoms with Gasteiger partial charge >= 0.3 is 0 Å². The van der Waals surface area contributed by atoms with Gasteiger partial charge in [-0.15, -0.1) is 0 Å². The van der Waals surface area contributed by atoms with E-state index in [9.17, 15) is 0 Å². The monoisotopic (exact) mass is 279 g/mol. The van der Waals surface area contributed by atoms with Gasteiger partial charge in [-0.2, -0.15) is 0 Å². The molecule has 1 saturated heterocycles. The molecule has 1 aliphatic carbocycles. The molecule has 1 heterocycles. The van der Waals surface area contributed by atoms with Crippen molar-refractivity contribution in [2.75, 3.05) is 19.6 Å². The molecule has 0 aromatic carbocycles. The van der Waals surface area contributed by atoms with Crippen molar-refractivity contribution >= 4 is 0 Å². The van der Waals surface area contributed by atoms with E-state index in [1.54, 1.807) is 0 Å². The molecule has 2 rings (SSSR count). The van der Waals surface area contributed by atoms with Crippen molar-refractivity contribution in [3.63, 3.8) is 0 Å². The molecule has 117 valence electrons. The predicted octanol–water partition coefficient (Wildman–Crippen LogP) is 4.26. The fraction of sp³-hybridized carbons (Fsp3) is 1.00. The third-order valence-corrected chi connectivity index (χ3v) is 5.22. The average Bonchev–Trinajstić information content (AvgIpc) is 2.45. The molecule has 2 fully saturated rings. The minimum atomic E-state index is 0.829. The van der Waals surface area contributed by atoms with Gasteiger partial charge in [0.25, 0.3) is 0 Å². The molecule has 1 aliphatic heterocycles. The van der Waals surface area contributed by atoms with Gasteiger partial charge in [0.2, 0.25) is 0 Å². The van der Waals surface area contributed by atoms with Gasteiger partial charge in [-0.3, -0.25) is 0 Å². The molecule has 2 heteroatoms. The molecule has 1 N–H and O–H groups in total. The number of hydrogen-bond acceptors (Lipinski definition) is 1. The maximum Gasteiger partial charge on any atom is 0.0136 e. The molecule has 2 aliphatic rings. The molecule has 0 bridgehead atoms. The van der Waals surface area contributed by atoms with E-state index < -0.39 is 0 Å². The largest absolute Gasteiger partial charge is 0.314 e. The number of hydrogen-bond donors (Lipinski definition) is 1. The van der Waals surface area contributed by atoms with Crippen LogP contribution in [-0.4, -0.2) is 25.7 Å². The molecule has 20 heavy (non-hydrogen) atoms. The Morgan fingerprint density at radius 2 is 1.45 bits per heavy atom. The summed E-state index contributed by atoms with van der Waals surface area (Å²) < 4.78 is 0. The van der Waals surface area contributed by atoms with Crippen LogP contribution >= 0.6 is 0 Å². The molecule has 0 aromatic heterocycles. The van der Waals surface area contributed by atoms with Gasteiger partial charge < -0.3 is 5.32 Å². The number of piperidine rings is 1. The lowest BCUT2D eigenvalue weighted by Gasteiger charge is -2.22. The minimum Gasteiger partial charge on any atom is -0.314 e. The van der Waals surface area contributed by atoms with Gasteiger partial charge in [-0.1, -0.05) is 51.4 Å². The maximum absolute atomic E-state index is 4.44. The highest BCUT2D eigenvalue weighted by Gasteiger charge is 2.13. The van der Waals surface area contributed by atoms with Crippen LogP contribution in [0.2, 0.25) is 0 Å².